The summed E-state index contributed by atoms with van der Waals surface area (Å²) in [4.78, 5) is 23.6. The molecule has 20 heavy (non-hydrogen) atoms. The summed E-state index contributed by atoms with van der Waals surface area (Å²) in [5.41, 5.74) is 1.47. The van der Waals surface area contributed by atoms with Gasteiger partial charge in [-0.15, -0.1) is 0 Å². The van der Waals surface area contributed by atoms with Crippen molar-refractivity contribution in [2.24, 2.45) is 7.05 Å². The number of amides is 2. The number of nitrogens with one attached hydrogen (secondary N) is 2. The number of halogens is 1. The van der Waals surface area contributed by atoms with E-state index in [2.05, 4.69) is 26.6 Å². The molecule has 0 saturated carbocycles. The normalized spacial score (nSPS) is 10.6. The van der Waals surface area contributed by atoms with Gasteiger partial charge >= 0.3 is 0 Å². The van der Waals surface area contributed by atoms with Gasteiger partial charge in [0.2, 0.25) is 5.91 Å². The molecular formula is C14H16BrN3O2. The first-order valence-corrected chi connectivity index (χ1v) is 7.13. The van der Waals surface area contributed by atoms with E-state index in [4.69, 9.17) is 0 Å². The van der Waals surface area contributed by atoms with Crippen molar-refractivity contribution in [3.63, 3.8) is 0 Å². The van der Waals surface area contributed by atoms with Crippen molar-refractivity contribution in [1.82, 2.24) is 15.2 Å². The van der Waals surface area contributed by atoms with Crippen molar-refractivity contribution in [1.29, 1.82) is 0 Å². The van der Waals surface area contributed by atoms with Crippen LogP contribution < -0.4 is 10.6 Å². The highest BCUT2D eigenvalue weighted by Crippen LogP contribution is 2.29. The van der Waals surface area contributed by atoms with Gasteiger partial charge in [-0.3, -0.25) is 9.59 Å². The molecule has 1 heterocycles. The van der Waals surface area contributed by atoms with Gasteiger partial charge in [-0.1, -0.05) is 18.2 Å². The van der Waals surface area contributed by atoms with Crippen LogP contribution in [0.4, 0.5) is 0 Å². The highest BCUT2D eigenvalue weighted by molar-refractivity contribution is 9.10. The quantitative estimate of drug-likeness (QED) is 0.893. The highest BCUT2D eigenvalue weighted by Gasteiger charge is 2.19. The fourth-order valence-corrected chi connectivity index (χ4v) is 2.88. The number of rotatable bonds is 4. The molecule has 0 aliphatic rings. The average Bonchev–Trinajstić information content (AvgIpc) is 2.69. The molecule has 0 saturated heterocycles. The van der Waals surface area contributed by atoms with Crippen LogP contribution in [0.3, 0.4) is 0 Å². The Kier molecular flexibility index (Phi) is 4.44. The Hall–Kier alpha value is -1.82. The molecule has 0 unspecified atom stereocenters. The molecule has 2 amide bonds. The third-order valence-electron chi connectivity index (χ3n) is 3.04. The van der Waals surface area contributed by atoms with Gasteiger partial charge in [0.1, 0.15) is 5.69 Å². The molecule has 6 heteroatoms. The predicted octanol–water partition coefficient (Wildman–Crippen LogP) is 1.81. The third kappa shape index (κ3) is 2.70. The maximum atomic E-state index is 12.2. The number of aromatic nitrogens is 1. The molecule has 0 bridgehead atoms. The van der Waals surface area contributed by atoms with Crippen LogP contribution >= 0.6 is 15.9 Å². The molecule has 106 valence electrons. The standard InChI is InChI=1S/C14H16BrN3O2/c1-3-16-11(19)8-17-14(20)13-12(15)9-6-4-5-7-10(9)18(13)2/h4-7H,3,8H2,1-2H3,(H,16,19)(H,17,20). The number of hydrogen-bond acceptors (Lipinski definition) is 2. The fraction of sp³-hybridized carbons (Fsp3) is 0.286. The SMILES string of the molecule is CCNC(=O)CNC(=O)c1c(Br)c2ccccc2n1C. The minimum absolute atomic E-state index is 0.0271. The minimum Gasteiger partial charge on any atom is -0.355 e. The summed E-state index contributed by atoms with van der Waals surface area (Å²) >= 11 is 3.46. The number of hydrogen-bond donors (Lipinski definition) is 2. The maximum absolute atomic E-state index is 12.2. The van der Waals surface area contributed by atoms with E-state index < -0.39 is 0 Å². The first-order valence-electron chi connectivity index (χ1n) is 6.34. The lowest BCUT2D eigenvalue weighted by Gasteiger charge is -2.07. The average molecular weight is 338 g/mol. The van der Waals surface area contributed by atoms with Gasteiger partial charge in [0.05, 0.1) is 11.0 Å². The molecule has 2 N–H and O–H groups in total. The van der Waals surface area contributed by atoms with Crippen molar-refractivity contribution >= 4 is 38.6 Å². The molecule has 0 aliphatic carbocycles. The Morgan fingerprint density at radius 1 is 1.25 bits per heavy atom. The van der Waals surface area contributed by atoms with Gasteiger partial charge in [0, 0.05) is 24.5 Å². The van der Waals surface area contributed by atoms with E-state index in [0.29, 0.717) is 12.2 Å². The number of para-hydroxylation sites is 1. The van der Waals surface area contributed by atoms with Crippen molar-refractivity contribution < 1.29 is 9.59 Å². The van der Waals surface area contributed by atoms with Gasteiger partial charge in [0.15, 0.2) is 0 Å². The van der Waals surface area contributed by atoms with Crippen molar-refractivity contribution in [3.05, 3.63) is 34.4 Å². The first-order chi connectivity index (χ1) is 9.56. The molecule has 0 spiro atoms. The van der Waals surface area contributed by atoms with Crippen molar-refractivity contribution in [2.45, 2.75) is 6.92 Å². The van der Waals surface area contributed by atoms with E-state index in [9.17, 15) is 9.59 Å². The minimum atomic E-state index is -0.276. The zero-order valence-corrected chi connectivity index (χ0v) is 13.0. The van der Waals surface area contributed by atoms with Crippen LogP contribution in [0.1, 0.15) is 17.4 Å². The lowest BCUT2D eigenvalue weighted by molar-refractivity contribution is -0.120. The largest absolute Gasteiger partial charge is 0.355 e. The first kappa shape index (κ1) is 14.6. The van der Waals surface area contributed by atoms with Gasteiger partial charge in [-0.2, -0.15) is 0 Å². The number of carbonyl (C=O) groups excluding carboxylic acids is 2. The molecule has 0 fully saturated rings. The fourth-order valence-electron chi connectivity index (χ4n) is 2.10. The Bertz CT molecular complexity index is 625. The molecule has 2 rings (SSSR count). The van der Waals surface area contributed by atoms with Gasteiger partial charge < -0.3 is 15.2 Å². The second-order valence-electron chi connectivity index (χ2n) is 4.37. The molecule has 1 aromatic carbocycles. The topological polar surface area (TPSA) is 63.1 Å². The number of carbonyl (C=O) groups is 2. The summed E-state index contributed by atoms with van der Waals surface area (Å²) in [6.07, 6.45) is 0. The molecule has 5 nitrogen and oxygen atoms in total. The second kappa shape index (κ2) is 6.09. The smallest absolute Gasteiger partial charge is 0.269 e. The second-order valence-corrected chi connectivity index (χ2v) is 5.17. The van der Waals surface area contributed by atoms with E-state index in [-0.39, 0.29) is 18.4 Å². The molecule has 0 radical (unpaired) electrons. The Balaban J connectivity index is 2.24. The number of benzene rings is 1. The molecule has 0 aliphatic heterocycles. The lowest BCUT2D eigenvalue weighted by atomic mass is 10.2. The zero-order valence-electron chi connectivity index (χ0n) is 11.4. The van der Waals surface area contributed by atoms with Crippen LogP contribution in [0.2, 0.25) is 0 Å². The number of likely N-dealkylation sites (N-methyl/N-ethyl adjacent to an activating group) is 1. The lowest BCUT2D eigenvalue weighted by Crippen LogP contribution is -2.37. The van der Waals surface area contributed by atoms with Gasteiger partial charge in [0.25, 0.3) is 5.91 Å². The number of nitrogens with zero attached hydrogens (tertiary/aromatic N) is 1. The van der Waals surface area contributed by atoms with E-state index in [0.717, 1.165) is 15.4 Å². The highest BCUT2D eigenvalue weighted by atomic mass is 79.9. The van der Waals surface area contributed by atoms with E-state index >= 15 is 0 Å². The van der Waals surface area contributed by atoms with E-state index in [1.165, 1.54) is 0 Å². The summed E-state index contributed by atoms with van der Waals surface area (Å²) in [6, 6.07) is 7.73. The van der Waals surface area contributed by atoms with Crippen molar-refractivity contribution in [2.75, 3.05) is 13.1 Å². The summed E-state index contributed by atoms with van der Waals surface area (Å²) < 4.78 is 2.55. The van der Waals surface area contributed by atoms with Crippen LogP contribution in [0, 0.1) is 0 Å². The monoisotopic (exact) mass is 337 g/mol. The third-order valence-corrected chi connectivity index (χ3v) is 3.85. The summed E-state index contributed by atoms with van der Waals surface area (Å²) in [5.74, 6) is -0.474. The van der Waals surface area contributed by atoms with Crippen LogP contribution in [0.5, 0.6) is 0 Å². The van der Waals surface area contributed by atoms with Gasteiger partial charge in [-0.25, -0.2) is 0 Å². The molecule has 2 aromatic rings. The van der Waals surface area contributed by atoms with Crippen LogP contribution in [0.25, 0.3) is 10.9 Å². The van der Waals surface area contributed by atoms with Crippen LogP contribution in [-0.4, -0.2) is 29.5 Å². The number of aryl methyl sites for hydroxylation is 1. The predicted molar refractivity (Wildman–Crippen MR) is 81.6 cm³/mol. The maximum Gasteiger partial charge on any atom is 0.269 e. The van der Waals surface area contributed by atoms with E-state index in [1.54, 1.807) is 0 Å². The Labute approximate surface area is 125 Å². The molecule has 0 atom stereocenters. The Morgan fingerprint density at radius 2 is 1.95 bits per heavy atom. The molecular weight excluding hydrogens is 322 g/mol. The van der Waals surface area contributed by atoms with Crippen molar-refractivity contribution in [3.8, 4) is 0 Å². The van der Waals surface area contributed by atoms with E-state index in [1.807, 2.05) is 42.8 Å². The summed E-state index contributed by atoms with van der Waals surface area (Å²) in [5, 5.41) is 6.23. The zero-order chi connectivity index (χ0) is 14.7. The summed E-state index contributed by atoms with van der Waals surface area (Å²) in [7, 11) is 1.83. The summed E-state index contributed by atoms with van der Waals surface area (Å²) in [6.45, 7) is 2.35. The number of fused-ring (bicyclic) bond motifs is 1. The Morgan fingerprint density at radius 3 is 2.60 bits per heavy atom. The van der Waals surface area contributed by atoms with Crippen LogP contribution in [0.15, 0.2) is 28.7 Å². The van der Waals surface area contributed by atoms with Crippen LogP contribution in [-0.2, 0) is 11.8 Å². The van der Waals surface area contributed by atoms with Gasteiger partial charge in [-0.05, 0) is 28.9 Å². The molecule has 1 aromatic heterocycles.